The van der Waals surface area contributed by atoms with Gasteiger partial charge in [-0.15, -0.1) is 0 Å². The smallest absolute Gasteiger partial charge is 0.325 e. The molecule has 3 amide bonds. The highest BCUT2D eigenvalue weighted by atomic mass is 16.5. The Morgan fingerprint density at radius 1 is 1.10 bits per heavy atom. The van der Waals surface area contributed by atoms with E-state index in [0.29, 0.717) is 0 Å². The normalized spacial score (nSPS) is 14.6. The first kappa shape index (κ1) is 16.3. The number of carbonyl (C=O) groups excluding carboxylic acids is 3. The number of nitrogens with zero attached hydrogens (tertiary/aromatic N) is 1. The van der Waals surface area contributed by atoms with E-state index >= 15 is 0 Å². The van der Waals surface area contributed by atoms with Crippen LogP contribution in [0.15, 0.2) is 0 Å². The Morgan fingerprint density at radius 2 is 1.80 bits per heavy atom. The first-order valence-electron chi connectivity index (χ1n) is 7.08. The average molecular weight is 285 g/mol. The van der Waals surface area contributed by atoms with Crippen LogP contribution in [0.5, 0.6) is 0 Å². The van der Waals surface area contributed by atoms with E-state index in [1.54, 1.807) is 6.92 Å². The number of nitrogens with one attached hydrogen (secondary N) is 2. The molecular formula is C13H23N3O4. The lowest BCUT2D eigenvalue weighted by Crippen LogP contribution is -2.41. The summed E-state index contributed by atoms with van der Waals surface area (Å²) in [5, 5.41) is 4.92. The molecule has 1 saturated heterocycles. The predicted octanol–water partition coefficient (Wildman–Crippen LogP) is 0.251. The highest BCUT2D eigenvalue weighted by molar-refractivity contribution is 5.81. The molecule has 0 radical (unpaired) electrons. The van der Waals surface area contributed by atoms with E-state index in [4.69, 9.17) is 0 Å². The van der Waals surface area contributed by atoms with Crippen LogP contribution < -0.4 is 10.6 Å². The minimum atomic E-state index is -0.480. The molecule has 1 aliphatic rings. The van der Waals surface area contributed by atoms with Gasteiger partial charge in [0.05, 0.1) is 6.61 Å². The maximum absolute atomic E-state index is 11.8. The molecule has 1 fully saturated rings. The monoisotopic (exact) mass is 285 g/mol. The lowest BCUT2D eigenvalue weighted by Gasteiger charge is -2.26. The molecule has 1 heterocycles. The molecular weight excluding hydrogens is 262 g/mol. The molecule has 0 saturated carbocycles. The third kappa shape index (κ3) is 6.40. The second kappa shape index (κ2) is 9.17. The number of likely N-dealkylation sites (tertiary alicyclic amines) is 1. The zero-order valence-corrected chi connectivity index (χ0v) is 11.9. The molecule has 7 nitrogen and oxygen atoms in total. The molecule has 0 atom stereocenters. The average Bonchev–Trinajstić information content (AvgIpc) is 2.46. The van der Waals surface area contributed by atoms with Gasteiger partial charge in [0.25, 0.3) is 0 Å². The number of hydrogen-bond donors (Lipinski definition) is 2. The molecule has 7 heteroatoms. The van der Waals surface area contributed by atoms with E-state index in [2.05, 4.69) is 15.4 Å². The Kier molecular flexibility index (Phi) is 7.46. The summed E-state index contributed by atoms with van der Waals surface area (Å²) in [5.41, 5.74) is 0. The van der Waals surface area contributed by atoms with Gasteiger partial charge in [0.1, 0.15) is 6.54 Å². The summed E-state index contributed by atoms with van der Waals surface area (Å²) in [6, 6.07) is -0.468. The Hall–Kier alpha value is -1.79. The summed E-state index contributed by atoms with van der Waals surface area (Å²) >= 11 is 0. The van der Waals surface area contributed by atoms with E-state index in [0.717, 1.165) is 25.9 Å². The van der Waals surface area contributed by atoms with Crippen molar-refractivity contribution in [1.82, 2.24) is 15.5 Å². The largest absolute Gasteiger partial charge is 0.465 e. The molecule has 0 aromatic rings. The predicted molar refractivity (Wildman–Crippen MR) is 73.1 cm³/mol. The van der Waals surface area contributed by atoms with Crippen molar-refractivity contribution in [2.24, 2.45) is 0 Å². The Morgan fingerprint density at radius 3 is 2.45 bits per heavy atom. The van der Waals surface area contributed by atoms with Crippen LogP contribution in [0.3, 0.4) is 0 Å². The minimum Gasteiger partial charge on any atom is -0.465 e. The summed E-state index contributed by atoms with van der Waals surface area (Å²) < 4.78 is 4.67. The Labute approximate surface area is 119 Å². The number of hydrogen-bond acceptors (Lipinski definition) is 4. The van der Waals surface area contributed by atoms with Gasteiger partial charge in [0.2, 0.25) is 5.91 Å². The van der Waals surface area contributed by atoms with Crippen molar-refractivity contribution in [3.63, 3.8) is 0 Å². The summed E-state index contributed by atoms with van der Waals surface area (Å²) in [6.07, 6.45) is 3.57. The summed E-state index contributed by atoms with van der Waals surface area (Å²) in [5.74, 6) is -0.414. The van der Waals surface area contributed by atoms with E-state index in [1.807, 2.05) is 4.90 Å². The third-order valence-electron chi connectivity index (χ3n) is 3.03. The molecule has 0 spiro atoms. The van der Waals surface area contributed by atoms with Gasteiger partial charge < -0.3 is 20.3 Å². The summed E-state index contributed by atoms with van der Waals surface area (Å²) in [4.78, 5) is 36.0. The van der Waals surface area contributed by atoms with E-state index in [-0.39, 0.29) is 32.0 Å². The second-order valence-corrected chi connectivity index (χ2v) is 4.61. The summed E-state index contributed by atoms with van der Waals surface area (Å²) in [6.45, 7) is 3.71. The molecule has 0 bridgehead atoms. The number of amides is 3. The quantitative estimate of drug-likeness (QED) is 0.685. The van der Waals surface area contributed by atoms with Crippen LogP contribution in [-0.4, -0.2) is 55.6 Å². The highest BCUT2D eigenvalue weighted by Crippen LogP contribution is 2.09. The van der Waals surface area contributed by atoms with Crippen LogP contribution in [0, 0.1) is 0 Å². The molecule has 0 aliphatic carbocycles. The van der Waals surface area contributed by atoms with Crippen molar-refractivity contribution >= 4 is 17.9 Å². The fourth-order valence-corrected chi connectivity index (χ4v) is 2.01. The van der Waals surface area contributed by atoms with Crippen molar-refractivity contribution in [2.75, 3.05) is 32.8 Å². The number of piperidine rings is 1. The standard InChI is InChI=1S/C13H23N3O4/c1-2-20-12(18)10-15-13(19)14-7-6-11(17)16-8-4-3-5-9-16/h2-10H2,1H3,(H2,14,15,19). The molecule has 0 aromatic carbocycles. The number of urea groups is 1. The Bertz CT molecular complexity index is 341. The molecule has 1 aliphatic heterocycles. The zero-order chi connectivity index (χ0) is 14.8. The molecule has 20 heavy (non-hydrogen) atoms. The first-order valence-corrected chi connectivity index (χ1v) is 7.08. The van der Waals surface area contributed by atoms with Crippen LogP contribution in [0.4, 0.5) is 4.79 Å². The van der Waals surface area contributed by atoms with E-state index in [9.17, 15) is 14.4 Å². The number of esters is 1. The van der Waals surface area contributed by atoms with Crippen LogP contribution in [0.1, 0.15) is 32.6 Å². The SMILES string of the molecule is CCOC(=O)CNC(=O)NCCC(=O)N1CCCCC1. The van der Waals surface area contributed by atoms with Crippen molar-refractivity contribution < 1.29 is 19.1 Å². The van der Waals surface area contributed by atoms with Crippen LogP contribution in [0.25, 0.3) is 0 Å². The van der Waals surface area contributed by atoms with Crippen molar-refractivity contribution in [1.29, 1.82) is 0 Å². The van der Waals surface area contributed by atoms with Gasteiger partial charge in [-0.1, -0.05) is 0 Å². The number of carbonyl (C=O) groups is 3. The van der Waals surface area contributed by atoms with Gasteiger partial charge in [0, 0.05) is 26.1 Å². The number of rotatable bonds is 6. The minimum absolute atomic E-state index is 0.0652. The van der Waals surface area contributed by atoms with Crippen LogP contribution >= 0.6 is 0 Å². The zero-order valence-electron chi connectivity index (χ0n) is 11.9. The molecule has 2 N–H and O–H groups in total. The second-order valence-electron chi connectivity index (χ2n) is 4.61. The molecule has 0 unspecified atom stereocenters. The molecule has 114 valence electrons. The third-order valence-corrected chi connectivity index (χ3v) is 3.03. The van der Waals surface area contributed by atoms with Gasteiger partial charge in [0.15, 0.2) is 0 Å². The van der Waals surface area contributed by atoms with Crippen molar-refractivity contribution in [2.45, 2.75) is 32.6 Å². The lowest BCUT2D eigenvalue weighted by atomic mass is 10.1. The van der Waals surface area contributed by atoms with E-state index in [1.165, 1.54) is 6.42 Å². The molecule has 0 aromatic heterocycles. The maximum Gasteiger partial charge on any atom is 0.325 e. The van der Waals surface area contributed by atoms with E-state index < -0.39 is 12.0 Å². The van der Waals surface area contributed by atoms with Gasteiger partial charge >= 0.3 is 12.0 Å². The van der Waals surface area contributed by atoms with Crippen LogP contribution in [0.2, 0.25) is 0 Å². The van der Waals surface area contributed by atoms with Gasteiger partial charge in [-0.25, -0.2) is 4.79 Å². The van der Waals surface area contributed by atoms with Crippen LogP contribution in [-0.2, 0) is 14.3 Å². The van der Waals surface area contributed by atoms with Gasteiger partial charge in [-0.2, -0.15) is 0 Å². The highest BCUT2D eigenvalue weighted by Gasteiger charge is 2.16. The first-order chi connectivity index (χ1) is 9.63. The van der Waals surface area contributed by atoms with Gasteiger partial charge in [-0.3, -0.25) is 9.59 Å². The number of ether oxygens (including phenoxy) is 1. The fraction of sp³-hybridized carbons (Fsp3) is 0.769. The fourth-order valence-electron chi connectivity index (χ4n) is 2.01. The maximum atomic E-state index is 11.8. The van der Waals surface area contributed by atoms with Gasteiger partial charge in [-0.05, 0) is 26.2 Å². The summed E-state index contributed by atoms with van der Waals surface area (Å²) in [7, 11) is 0. The topological polar surface area (TPSA) is 87.7 Å². The Balaban J connectivity index is 2.08. The van der Waals surface area contributed by atoms with Crippen molar-refractivity contribution in [3.05, 3.63) is 0 Å². The molecule has 1 rings (SSSR count). The lowest BCUT2D eigenvalue weighted by molar-refractivity contribution is -0.141. The van der Waals surface area contributed by atoms with Crippen molar-refractivity contribution in [3.8, 4) is 0 Å².